The predicted octanol–water partition coefficient (Wildman–Crippen LogP) is 0.758. The highest BCUT2D eigenvalue weighted by atomic mass is 16.2. The van der Waals surface area contributed by atoms with Crippen LogP contribution in [0.5, 0.6) is 0 Å². The van der Waals surface area contributed by atoms with E-state index in [1.54, 1.807) is 0 Å². The number of amides is 1. The van der Waals surface area contributed by atoms with Gasteiger partial charge in [-0.2, -0.15) is 0 Å². The number of carbonyl (C=O) groups excluding carboxylic acids is 1. The van der Waals surface area contributed by atoms with E-state index in [4.69, 9.17) is 0 Å². The minimum absolute atomic E-state index is 0.242. The summed E-state index contributed by atoms with van der Waals surface area (Å²) in [5, 5.41) is 6.20. The average molecular weight is 196 g/mol. The highest BCUT2D eigenvalue weighted by molar-refractivity contribution is 5.79. The Morgan fingerprint density at radius 1 is 1.43 bits per heavy atom. The molecule has 1 aliphatic heterocycles. The fourth-order valence-electron chi connectivity index (χ4n) is 2.38. The molecule has 0 aromatic rings. The van der Waals surface area contributed by atoms with E-state index in [2.05, 4.69) is 17.6 Å². The fourth-order valence-corrected chi connectivity index (χ4v) is 2.38. The smallest absolute Gasteiger partial charge is 0.225 e. The average Bonchev–Trinajstić information content (AvgIpc) is 2.44. The Kier molecular flexibility index (Phi) is 3.06. The lowest BCUT2D eigenvalue weighted by atomic mass is 9.97. The van der Waals surface area contributed by atoms with Crippen molar-refractivity contribution in [3.05, 3.63) is 0 Å². The van der Waals surface area contributed by atoms with Crippen LogP contribution in [-0.4, -0.2) is 25.5 Å². The summed E-state index contributed by atoms with van der Waals surface area (Å²) in [6, 6.07) is 0. The molecule has 2 rings (SSSR count). The molecule has 1 saturated carbocycles. The molecule has 1 aliphatic carbocycles. The fraction of sp³-hybridized carbons (Fsp3) is 0.909. The van der Waals surface area contributed by atoms with E-state index < -0.39 is 0 Å². The second-order valence-corrected chi connectivity index (χ2v) is 4.77. The topological polar surface area (TPSA) is 41.1 Å². The van der Waals surface area contributed by atoms with Crippen LogP contribution >= 0.6 is 0 Å². The number of nitrogens with one attached hydrogen (secondary N) is 2. The third kappa shape index (κ3) is 2.08. The zero-order valence-electron chi connectivity index (χ0n) is 8.88. The molecular weight excluding hydrogens is 176 g/mol. The Labute approximate surface area is 85.6 Å². The van der Waals surface area contributed by atoms with Gasteiger partial charge in [0.1, 0.15) is 0 Å². The van der Waals surface area contributed by atoms with Gasteiger partial charge in [0, 0.05) is 19.6 Å². The van der Waals surface area contributed by atoms with Gasteiger partial charge in [0.05, 0.1) is 5.92 Å². The van der Waals surface area contributed by atoms with Crippen molar-refractivity contribution in [2.45, 2.75) is 26.2 Å². The maximum absolute atomic E-state index is 11.5. The number of carbonyl (C=O) groups is 1. The van der Waals surface area contributed by atoms with E-state index in [1.165, 1.54) is 19.3 Å². The van der Waals surface area contributed by atoms with Gasteiger partial charge in [-0.05, 0) is 18.3 Å². The molecule has 2 atom stereocenters. The molecular formula is C11H20N2O. The Balaban J connectivity index is 1.68. The molecule has 14 heavy (non-hydrogen) atoms. The molecule has 0 spiro atoms. The molecule has 1 heterocycles. The highest BCUT2D eigenvalue weighted by Crippen LogP contribution is 2.30. The van der Waals surface area contributed by atoms with E-state index in [0.29, 0.717) is 0 Å². The lowest BCUT2D eigenvalue weighted by Crippen LogP contribution is -2.51. The van der Waals surface area contributed by atoms with Crippen molar-refractivity contribution in [2.75, 3.05) is 19.6 Å². The van der Waals surface area contributed by atoms with Crippen molar-refractivity contribution in [1.82, 2.24) is 10.6 Å². The second-order valence-electron chi connectivity index (χ2n) is 4.77. The van der Waals surface area contributed by atoms with E-state index in [0.717, 1.165) is 31.5 Å². The lowest BCUT2D eigenvalue weighted by molar-refractivity contribution is -0.126. The molecule has 2 unspecified atom stereocenters. The zero-order chi connectivity index (χ0) is 9.97. The van der Waals surface area contributed by atoms with Crippen molar-refractivity contribution in [2.24, 2.45) is 17.8 Å². The summed E-state index contributed by atoms with van der Waals surface area (Å²) >= 11 is 0. The minimum atomic E-state index is 0.242. The minimum Gasteiger partial charge on any atom is -0.355 e. The molecule has 3 nitrogen and oxygen atoms in total. The third-order valence-electron chi connectivity index (χ3n) is 3.73. The SMILES string of the molecule is CC1CCCC1CNC(=O)C1CNC1. The molecule has 2 N–H and O–H groups in total. The molecule has 0 bridgehead atoms. The van der Waals surface area contributed by atoms with Gasteiger partial charge in [-0.1, -0.05) is 19.8 Å². The van der Waals surface area contributed by atoms with Crippen LogP contribution in [0.1, 0.15) is 26.2 Å². The van der Waals surface area contributed by atoms with E-state index in [9.17, 15) is 4.79 Å². The Hall–Kier alpha value is -0.570. The van der Waals surface area contributed by atoms with Gasteiger partial charge in [-0.15, -0.1) is 0 Å². The van der Waals surface area contributed by atoms with Crippen molar-refractivity contribution < 1.29 is 4.79 Å². The molecule has 1 saturated heterocycles. The van der Waals surface area contributed by atoms with Gasteiger partial charge in [0.2, 0.25) is 5.91 Å². The van der Waals surface area contributed by atoms with Crippen molar-refractivity contribution in [3.63, 3.8) is 0 Å². The van der Waals surface area contributed by atoms with Crippen molar-refractivity contribution in [3.8, 4) is 0 Å². The third-order valence-corrected chi connectivity index (χ3v) is 3.73. The predicted molar refractivity (Wildman–Crippen MR) is 55.9 cm³/mol. The molecule has 2 aliphatic rings. The van der Waals surface area contributed by atoms with Gasteiger partial charge < -0.3 is 10.6 Å². The summed E-state index contributed by atoms with van der Waals surface area (Å²) in [4.78, 5) is 11.5. The summed E-state index contributed by atoms with van der Waals surface area (Å²) in [5.41, 5.74) is 0. The summed E-state index contributed by atoms with van der Waals surface area (Å²) < 4.78 is 0. The second kappa shape index (κ2) is 4.30. The first kappa shape index (κ1) is 9.97. The van der Waals surface area contributed by atoms with Gasteiger partial charge >= 0.3 is 0 Å². The lowest BCUT2D eigenvalue weighted by Gasteiger charge is -2.27. The summed E-state index contributed by atoms with van der Waals surface area (Å²) in [7, 11) is 0. The zero-order valence-corrected chi connectivity index (χ0v) is 8.88. The number of hydrogen-bond donors (Lipinski definition) is 2. The van der Waals surface area contributed by atoms with Crippen LogP contribution in [0.2, 0.25) is 0 Å². The standard InChI is InChI=1S/C11H20N2O/c1-8-3-2-4-9(8)7-13-11(14)10-5-12-6-10/h8-10,12H,2-7H2,1H3,(H,13,14). The molecule has 1 amide bonds. The van der Waals surface area contributed by atoms with Gasteiger partial charge in [-0.25, -0.2) is 0 Å². The summed E-state index contributed by atoms with van der Waals surface area (Å²) in [6.07, 6.45) is 3.97. The van der Waals surface area contributed by atoms with Gasteiger partial charge in [0.25, 0.3) is 0 Å². The normalized spacial score (nSPS) is 32.6. The molecule has 0 radical (unpaired) electrons. The Morgan fingerprint density at radius 2 is 2.21 bits per heavy atom. The van der Waals surface area contributed by atoms with E-state index in [-0.39, 0.29) is 11.8 Å². The molecule has 2 fully saturated rings. The summed E-state index contributed by atoms with van der Waals surface area (Å²) in [5.74, 6) is 2.02. The molecule has 0 aromatic heterocycles. The number of rotatable bonds is 3. The van der Waals surface area contributed by atoms with Gasteiger partial charge in [0.15, 0.2) is 0 Å². The Morgan fingerprint density at radius 3 is 2.71 bits per heavy atom. The Bertz CT molecular complexity index is 213. The van der Waals surface area contributed by atoms with Crippen LogP contribution < -0.4 is 10.6 Å². The van der Waals surface area contributed by atoms with Crippen molar-refractivity contribution >= 4 is 5.91 Å². The first-order valence-electron chi connectivity index (χ1n) is 5.76. The van der Waals surface area contributed by atoms with E-state index >= 15 is 0 Å². The highest BCUT2D eigenvalue weighted by Gasteiger charge is 2.27. The van der Waals surface area contributed by atoms with Crippen molar-refractivity contribution in [1.29, 1.82) is 0 Å². The van der Waals surface area contributed by atoms with E-state index in [1.807, 2.05) is 0 Å². The molecule has 80 valence electrons. The van der Waals surface area contributed by atoms with Crippen LogP contribution in [0.4, 0.5) is 0 Å². The first-order chi connectivity index (χ1) is 6.77. The largest absolute Gasteiger partial charge is 0.355 e. The van der Waals surface area contributed by atoms with Gasteiger partial charge in [-0.3, -0.25) is 4.79 Å². The molecule has 3 heteroatoms. The van der Waals surface area contributed by atoms with Crippen LogP contribution in [0, 0.1) is 17.8 Å². The van der Waals surface area contributed by atoms with Crippen LogP contribution in [0.3, 0.4) is 0 Å². The maximum atomic E-state index is 11.5. The summed E-state index contributed by atoms with van der Waals surface area (Å²) in [6.45, 7) is 4.93. The monoisotopic (exact) mass is 196 g/mol. The number of hydrogen-bond acceptors (Lipinski definition) is 2. The van der Waals surface area contributed by atoms with Crippen LogP contribution in [0.15, 0.2) is 0 Å². The first-order valence-corrected chi connectivity index (χ1v) is 5.76. The maximum Gasteiger partial charge on any atom is 0.225 e. The quantitative estimate of drug-likeness (QED) is 0.699. The van der Waals surface area contributed by atoms with Crippen LogP contribution in [-0.2, 0) is 4.79 Å². The van der Waals surface area contributed by atoms with Crippen LogP contribution in [0.25, 0.3) is 0 Å². The molecule has 0 aromatic carbocycles.